The molecule has 0 aromatic carbocycles. The van der Waals surface area contributed by atoms with E-state index in [-0.39, 0.29) is 17.6 Å². The molecule has 2 fully saturated rings. The summed E-state index contributed by atoms with van der Waals surface area (Å²) in [5.41, 5.74) is 2.54. The molecule has 3 aliphatic rings. The SMILES string of the molecule is C=C(C)[C@@H]1CC[C@H](C)[C@H]2CC(=O)C(C)=C2[C@@H]1O[C@@H]1O[C@H](CO)[C@@H](O)[C@H](O)[C@H]1O. The number of allylic oxidation sites excluding steroid dienone is 1. The number of Topliss-reactive ketones (excluding diaryl/α,β-unsaturated/α-hetero) is 1. The zero-order valence-corrected chi connectivity index (χ0v) is 16.7. The maximum Gasteiger partial charge on any atom is 0.187 e. The minimum Gasteiger partial charge on any atom is -0.394 e. The average Bonchev–Trinajstić information content (AvgIpc) is 2.87. The molecule has 4 N–H and O–H groups in total. The molecular weight excluding hydrogens is 364 g/mol. The van der Waals surface area contributed by atoms with E-state index in [1.54, 1.807) is 0 Å². The topological polar surface area (TPSA) is 116 Å². The van der Waals surface area contributed by atoms with Crippen molar-refractivity contribution in [1.29, 1.82) is 0 Å². The molecule has 9 atom stereocenters. The molecular formula is C21H32O7. The zero-order valence-electron chi connectivity index (χ0n) is 16.7. The van der Waals surface area contributed by atoms with Crippen LogP contribution in [0.2, 0.25) is 0 Å². The normalized spacial score (nSPS) is 44.4. The largest absolute Gasteiger partial charge is 0.394 e. The van der Waals surface area contributed by atoms with Crippen LogP contribution >= 0.6 is 0 Å². The maximum absolute atomic E-state index is 12.4. The van der Waals surface area contributed by atoms with E-state index in [9.17, 15) is 25.2 Å². The molecule has 0 amide bonds. The predicted octanol–water partition coefficient (Wildman–Crippen LogP) is 0.699. The van der Waals surface area contributed by atoms with Crippen LogP contribution in [0, 0.1) is 17.8 Å². The lowest BCUT2D eigenvalue weighted by molar-refractivity contribution is -0.311. The highest BCUT2D eigenvalue weighted by Crippen LogP contribution is 2.47. The second-order valence-corrected chi connectivity index (χ2v) is 8.58. The molecule has 158 valence electrons. The van der Waals surface area contributed by atoms with Crippen molar-refractivity contribution in [1.82, 2.24) is 0 Å². The molecule has 0 bridgehead atoms. The van der Waals surface area contributed by atoms with E-state index >= 15 is 0 Å². The fourth-order valence-corrected chi connectivity index (χ4v) is 4.84. The number of carbonyl (C=O) groups excluding carboxylic acids is 1. The third-order valence-electron chi connectivity index (χ3n) is 6.71. The first kappa shape index (κ1) is 21.6. The third kappa shape index (κ3) is 3.72. The summed E-state index contributed by atoms with van der Waals surface area (Å²) in [6, 6.07) is 0. The van der Waals surface area contributed by atoms with Crippen LogP contribution in [-0.2, 0) is 14.3 Å². The summed E-state index contributed by atoms with van der Waals surface area (Å²) < 4.78 is 11.8. The van der Waals surface area contributed by atoms with E-state index in [4.69, 9.17) is 9.47 Å². The Morgan fingerprint density at radius 3 is 2.50 bits per heavy atom. The summed E-state index contributed by atoms with van der Waals surface area (Å²) in [6.45, 7) is 9.47. The van der Waals surface area contributed by atoms with Crippen molar-refractivity contribution in [3.63, 3.8) is 0 Å². The molecule has 3 rings (SSSR count). The van der Waals surface area contributed by atoms with Crippen molar-refractivity contribution >= 4 is 5.78 Å². The fraction of sp³-hybridized carbons (Fsp3) is 0.762. The van der Waals surface area contributed by atoms with Gasteiger partial charge in [-0.15, -0.1) is 0 Å². The van der Waals surface area contributed by atoms with Crippen LogP contribution in [0.15, 0.2) is 23.3 Å². The van der Waals surface area contributed by atoms with Crippen LogP contribution in [0.3, 0.4) is 0 Å². The lowest BCUT2D eigenvalue weighted by Crippen LogP contribution is -2.60. The highest BCUT2D eigenvalue weighted by Gasteiger charge is 2.49. The number of rotatable bonds is 4. The van der Waals surface area contributed by atoms with E-state index in [0.29, 0.717) is 17.9 Å². The summed E-state index contributed by atoms with van der Waals surface area (Å²) in [5.74, 6) is 0.445. The Labute approximate surface area is 165 Å². The number of hydrogen-bond acceptors (Lipinski definition) is 7. The van der Waals surface area contributed by atoms with Gasteiger partial charge in [0.15, 0.2) is 12.1 Å². The molecule has 1 heterocycles. The van der Waals surface area contributed by atoms with E-state index in [2.05, 4.69) is 13.5 Å². The van der Waals surface area contributed by atoms with Crippen molar-refractivity contribution in [3.8, 4) is 0 Å². The summed E-state index contributed by atoms with van der Waals surface area (Å²) >= 11 is 0. The molecule has 0 aromatic rings. The number of ketones is 1. The van der Waals surface area contributed by atoms with Gasteiger partial charge >= 0.3 is 0 Å². The minimum absolute atomic E-state index is 0.0596. The molecule has 1 aliphatic heterocycles. The third-order valence-corrected chi connectivity index (χ3v) is 6.71. The Hall–Kier alpha value is -1.09. The molecule has 7 heteroatoms. The summed E-state index contributed by atoms with van der Waals surface area (Å²) in [4.78, 5) is 12.4. The molecule has 0 aromatic heterocycles. The minimum atomic E-state index is -1.50. The van der Waals surface area contributed by atoms with E-state index in [0.717, 1.165) is 24.0 Å². The standard InChI is InChI=1S/C21H32O7/c1-9(2)12-6-5-10(3)13-7-14(23)11(4)16(13)20(12)28-21-19(26)18(25)17(24)15(8-22)27-21/h10,12-13,15,17-22,24-26H,1,5-8H2,2-4H3/t10-,12-,13+,15+,17+,18-,19+,20+,21-/m0/s1. The van der Waals surface area contributed by atoms with Gasteiger partial charge in [-0.25, -0.2) is 0 Å². The molecule has 0 spiro atoms. The second-order valence-electron chi connectivity index (χ2n) is 8.58. The van der Waals surface area contributed by atoms with Crippen molar-refractivity contribution in [2.75, 3.05) is 6.61 Å². The van der Waals surface area contributed by atoms with Crippen LogP contribution in [0.1, 0.15) is 40.0 Å². The van der Waals surface area contributed by atoms with Crippen LogP contribution in [0.5, 0.6) is 0 Å². The quantitative estimate of drug-likeness (QED) is 0.517. The van der Waals surface area contributed by atoms with E-state index in [1.165, 1.54) is 0 Å². The van der Waals surface area contributed by atoms with Gasteiger partial charge in [-0.2, -0.15) is 0 Å². The first-order chi connectivity index (χ1) is 13.2. The van der Waals surface area contributed by atoms with Gasteiger partial charge in [-0.1, -0.05) is 19.1 Å². The van der Waals surface area contributed by atoms with Crippen molar-refractivity contribution in [2.24, 2.45) is 17.8 Å². The average molecular weight is 396 g/mol. The number of hydrogen-bond donors (Lipinski definition) is 4. The van der Waals surface area contributed by atoms with Crippen LogP contribution < -0.4 is 0 Å². The molecule has 0 unspecified atom stereocenters. The molecule has 28 heavy (non-hydrogen) atoms. The zero-order chi connectivity index (χ0) is 20.7. The number of aliphatic hydroxyl groups is 4. The van der Waals surface area contributed by atoms with Crippen molar-refractivity contribution in [2.45, 2.75) is 76.8 Å². The Kier molecular flexibility index (Phi) is 6.44. The number of carbonyl (C=O) groups is 1. The monoisotopic (exact) mass is 396 g/mol. The first-order valence-corrected chi connectivity index (χ1v) is 10.0. The highest BCUT2D eigenvalue weighted by molar-refractivity contribution is 5.99. The predicted molar refractivity (Wildman–Crippen MR) is 101 cm³/mol. The summed E-state index contributed by atoms with van der Waals surface area (Å²) in [6.07, 6.45) is -4.96. The highest BCUT2D eigenvalue weighted by atomic mass is 16.7. The van der Waals surface area contributed by atoms with Gasteiger partial charge in [-0.3, -0.25) is 4.79 Å². The molecule has 1 saturated heterocycles. The molecule has 2 aliphatic carbocycles. The van der Waals surface area contributed by atoms with Crippen LogP contribution in [-0.4, -0.2) is 69.6 Å². The van der Waals surface area contributed by atoms with Crippen LogP contribution in [0.25, 0.3) is 0 Å². The first-order valence-electron chi connectivity index (χ1n) is 10.0. The number of aliphatic hydroxyl groups excluding tert-OH is 4. The Morgan fingerprint density at radius 1 is 1.21 bits per heavy atom. The molecule has 1 saturated carbocycles. The van der Waals surface area contributed by atoms with Crippen molar-refractivity contribution in [3.05, 3.63) is 23.3 Å². The van der Waals surface area contributed by atoms with Gasteiger partial charge < -0.3 is 29.9 Å². The molecule has 7 nitrogen and oxygen atoms in total. The van der Waals surface area contributed by atoms with Crippen molar-refractivity contribution < 1.29 is 34.7 Å². The summed E-state index contributed by atoms with van der Waals surface area (Å²) in [7, 11) is 0. The van der Waals surface area contributed by atoms with Crippen LogP contribution in [0.4, 0.5) is 0 Å². The fourth-order valence-electron chi connectivity index (χ4n) is 4.84. The van der Waals surface area contributed by atoms with Gasteiger partial charge in [0.1, 0.15) is 24.4 Å². The van der Waals surface area contributed by atoms with E-state index < -0.39 is 43.4 Å². The summed E-state index contributed by atoms with van der Waals surface area (Å²) in [5, 5.41) is 40.0. The smallest absolute Gasteiger partial charge is 0.187 e. The van der Waals surface area contributed by atoms with Gasteiger partial charge in [0.2, 0.25) is 0 Å². The Balaban J connectivity index is 1.95. The number of fused-ring (bicyclic) bond motifs is 1. The lowest BCUT2D eigenvalue weighted by atomic mass is 9.84. The Morgan fingerprint density at radius 2 is 1.89 bits per heavy atom. The molecule has 0 radical (unpaired) electrons. The number of ether oxygens (including phenoxy) is 2. The second kappa shape index (κ2) is 8.34. The lowest BCUT2D eigenvalue weighted by Gasteiger charge is -2.42. The van der Waals surface area contributed by atoms with Gasteiger partial charge in [-0.05, 0) is 49.7 Å². The van der Waals surface area contributed by atoms with Gasteiger partial charge in [0.25, 0.3) is 0 Å². The Bertz CT molecular complexity index is 655. The van der Waals surface area contributed by atoms with Gasteiger partial charge in [0, 0.05) is 12.3 Å². The van der Waals surface area contributed by atoms with E-state index in [1.807, 2.05) is 13.8 Å². The maximum atomic E-state index is 12.4. The van der Waals surface area contributed by atoms with Gasteiger partial charge in [0.05, 0.1) is 12.7 Å².